The van der Waals surface area contributed by atoms with Crippen molar-refractivity contribution in [3.05, 3.63) is 33.8 Å². The summed E-state index contributed by atoms with van der Waals surface area (Å²) in [4.78, 5) is 15.2. The number of hydrogen-bond acceptors (Lipinski definition) is 7. The molecule has 1 atom stereocenters. The Morgan fingerprint density at radius 1 is 1.43 bits per heavy atom. The van der Waals surface area contributed by atoms with Crippen molar-refractivity contribution < 1.29 is 14.2 Å². The molecule has 0 radical (unpaired) electrons. The summed E-state index contributed by atoms with van der Waals surface area (Å²) in [5, 5.41) is 18.4. The number of aromatic nitrogens is 2. The van der Waals surface area contributed by atoms with Gasteiger partial charge < -0.3 is 14.6 Å². The summed E-state index contributed by atoms with van der Waals surface area (Å²) in [6.07, 6.45) is 3.44. The van der Waals surface area contributed by atoms with E-state index < -0.39 is 4.92 Å². The van der Waals surface area contributed by atoms with Crippen LogP contribution in [0.5, 0.6) is 0 Å². The van der Waals surface area contributed by atoms with Gasteiger partial charge >= 0.3 is 5.69 Å². The quantitative estimate of drug-likeness (QED) is 0.682. The van der Waals surface area contributed by atoms with E-state index in [1.54, 1.807) is 20.0 Å². The van der Waals surface area contributed by atoms with Gasteiger partial charge in [0.1, 0.15) is 5.76 Å². The Hall–Kier alpha value is -2.48. The lowest BCUT2D eigenvalue weighted by Gasteiger charge is -2.23. The van der Waals surface area contributed by atoms with Gasteiger partial charge in [-0.1, -0.05) is 5.16 Å². The van der Waals surface area contributed by atoms with Gasteiger partial charge in [-0.3, -0.25) is 10.1 Å². The Morgan fingerprint density at radius 3 is 2.87 bits per heavy atom. The van der Waals surface area contributed by atoms with Crippen molar-refractivity contribution >= 4 is 11.5 Å². The predicted molar refractivity (Wildman–Crippen MR) is 83.3 cm³/mol. The molecule has 1 fully saturated rings. The van der Waals surface area contributed by atoms with Crippen LogP contribution in [0.15, 0.2) is 16.8 Å². The van der Waals surface area contributed by atoms with Crippen LogP contribution in [0.4, 0.5) is 11.5 Å². The molecule has 0 saturated carbocycles. The largest absolute Gasteiger partial charge is 0.379 e. The zero-order chi connectivity index (χ0) is 16.4. The van der Waals surface area contributed by atoms with Crippen molar-refractivity contribution in [2.75, 3.05) is 18.5 Å². The number of ether oxygens (including phenoxy) is 1. The van der Waals surface area contributed by atoms with E-state index in [4.69, 9.17) is 9.26 Å². The lowest BCUT2D eigenvalue weighted by atomic mass is 10.1. The molecule has 3 heterocycles. The third-order valence-corrected chi connectivity index (χ3v) is 3.89. The van der Waals surface area contributed by atoms with Gasteiger partial charge in [0.25, 0.3) is 0 Å². The summed E-state index contributed by atoms with van der Waals surface area (Å²) < 4.78 is 10.5. The molecule has 0 aliphatic carbocycles. The van der Waals surface area contributed by atoms with Crippen LogP contribution in [0.1, 0.15) is 24.3 Å². The third kappa shape index (κ3) is 3.16. The second-order valence-electron chi connectivity index (χ2n) is 5.61. The van der Waals surface area contributed by atoms with Crippen LogP contribution in [0.25, 0.3) is 11.1 Å². The lowest BCUT2D eigenvalue weighted by molar-refractivity contribution is -0.384. The molecule has 1 aliphatic rings. The molecule has 23 heavy (non-hydrogen) atoms. The highest BCUT2D eigenvalue weighted by Gasteiger charge is 2.23. The SMILES string of the molecule is Cc1noc(C)c1-c1cnc(N[C@H]2CCCOC2)c([N+](=O)[O-])c1. The van der Waals surface area contributed by atoms with E-state index in [9.17, 15) is 10.1 Å². The van der Waals surface area contributed by atoms with Crippen molar-refractivity contribution in [2.45, 2.75) is 32.7 Å². The van der Waals surface area contributed by atoms with Gasteiger partial charge in [-0.15, -0.1) is 0 Å². The molecule has 0 bridgehead atoms. The maximum absolute atomic E-state index is 11.4. The Balaban J connectivity index is 1.94. The maximum Gasteiger partial charge on any atom is 0.311 e. The van der Waals surface area contributed by atoms with E-state index >= 15 is 0 Å². The van der Waals surface area contributed by atoms with Crippen molar-refractivity contribution in [1.29, 1.82) is 0 Å². The number of hydrogen-bond donors (Lipinski definition) is 1. The Morgan fingerprint density at radius 2 is 2.26 bits per heavy atom. The first-order chi connectivity index (χ1) is 11.1. The first-order valence-electron chi connectivity index (χ1n) is 7.48. The number of aryl methyl sites for hydroxylation is 2. The summed E-state index contributed by atoms with van der Waals surface area (Å²) in [6, 6.07) is 1.55. The predicted octanol–water partition coefficient (Wildman–Crippen LogP) is 2.85. The van der Waals surface area contributed by atoms with Crippen LogP contribution in [0, 0.1) is 24.0 Å². The van der Waals surface area contributed by atoms with E-state index in [0.29, 0.717) is 23.6 Å². The smallest absolute Gasteiger partial charge is 0.311 e. The highest BCUT2D eigenvalue weighted by molar-refractivity contribution is 5.72. The summed E-state index contributed by atoms with van der Waals surface area (Å²) in [5.41, 5.74) is 1.99. The molecule has 1 N–H and O–H groups in total. The van der Waals surface area contributed by atoms with Gasteiger partial charge in [0.05, 0.1) is 23.3 Å². The van der Waals surface area contributed by atoms with Gasteiger partial charge in [-0.2, -0.15) is 0 Å². The summed E-state index contributed by atoms with van der Waals surface area (Å²) >= 11 is 0. The number of anilines is 1. The van der Waals surface area contributed by atoms with Gasteiger partial charge in [0.15, 0.2) is 0 Å². The number of pyridine rings is 1. The van der Waals surface area contributed by atoms with E-state index in [-0.39, 0.29) is 17.5 Å². The van der Waals surface area contributed by atoms with Crippen LogP contribution in [-0.2, 0) is 4.74 Å². The van der Waals surface area contributed by atoms with Crippen LogP contribution >= 0.6 is 0 Å². The molecule has 122 valence electrons. The van der Waals surface area contributed by atoms with Crippen molar-refractivity contribution in [3.8, 4) is 11.1 Å². The second kappa shape index (κ2) is 6.33. The summed E-state index contributed by atoms with van der Waals surface area (Å²) in [6.45, 7) is 4.83. The van der Waals surface area contributed by atoms with Crippen LogP contribution in [0.2, 0.25) is 0 Å². The minimum Gasteiger partial charge on any atom is -0.379 e. The fourth-order valence-corrected chi connectivity index (χ4v) is 2.78. The van der Waals surface area contributed by atoms with Crippen molar-refractivity contribution in [2.24, 2.45) is 0 Å². The van der Waals surface area contributed by atoms with Crippen LogP contribution in [-0.4, -0.2) is 34.3 Å². The molecule has 0 aromatic carbocycles. The fourth-order valence-electron chi connectivity index (χ4n) is 2.78. The summed E-state index contributed by atoms with van der Waals surface area (Å²) in [7, 11) is 0. The number of nitro groups is 1. The molecular weight excluding hydrogens is 300 g/mol. The van der Waals surface area contributed by atoms with Crippen molar-refractivity contribution in [3.63, 3.8) is 0 Å². The molecule has 8 nitrogen and oxygen atoms in total. The van der Waals surface area contributed by atoms with Gasteiger partial charge in [-0.25, -0.2) is 4.98 Å². The molecule has 0 amide bonds. The first kappa shape index (κ1) is 15.4. The molecule has 0 unspecified atom stereocenters. The zero-order valence-corrected chi connectivity index (χ0v) is 13.0. The Bertz CT molecular complexity index is 703. The highest BCUT2D eigenvalue weighted by Crippen LogP contribution is 2.32. The minimum absolute atomic E-state index is 0.0415. The number of nitrogens with one attached hydrogen (secondary N) is 1. The molecule has 2 aromatic heterocycles. The summed E-state index contributed by atoms with van der Waals surface area (Å²) in [5.74, 6) is 0.876. The molecule has 1 saturated heterocycles. The average Bonchev–Trinajstić information content (AvgIpc) is 2.88. The van der Waals surface area contributed by atoms with E-state index in [1.807, 2.05) is 0 Å². The Labute approximate surface area is 133 Å². The van der Waals surface area contributed by atoms with E-state index in [0.717, 1.165) is 25.0 Å². The molecule has 0 spiro atoms. The Kier molecular flexibility index (Phi) is 4.24. The van der Waals surface area contributed by atoms with Crippen molar-refractivity contribution in [1.82, 2.24) is 10.1 Å². The van der Waals surface area contributed by atoms with Crippen LogP contribution < -0.4 is 5.32 Å². The number of rotatable bonds is 4. The molecule has 3 rings (SSSR count). The highest BCUT2D eigenvalue weighted by atomic mass is 16.6. The minimum atomic E-state index is -0.430. The monoisotopic (exact) mass is 318 g/mol. The van der Waals surface area contributed by atoms with Gasteiger partial charge in [0, 0.05) is 30.0 Å². The second-order valence-corrected chi connectivity index (χ2v) is 5.61. The molecule has 2 aromatic rings. The van der Waals surface area contributed by atoms with E-state index in [1.165, 1.54) is 6.07 Å². The van der Waals surface area contributed by atoms with E-state index in [2.05, 4.69) is 15.5 Å². The fraction of sp³-hybridized carbons (Fsp3) is 0.467. The lowest BCUT2D eigenvalue weighted by Crippen LogP contribution is -2.30. The van der Waals surface area contributed by atoms with Gasteiger partial charge in [-0.05, 0) is 26.7 Å². The molecule has 1 aliphatic heterocycles. The maximum atomic E-state index is 11.4. The average molecular weight is 318 g/mol. The topological polar surface area (TPSA) is 103 Å². The standard InChI is InChI=1S/C15H18N4O4/c1-9-14(10(2)23-18-9)11-6-13(19(20)21)15(16-7-11)17-12-4-3-5-22-8-12/h6-7,12H,3-5,8H2,1-2H3,(H,16,17)/t12-/m0/s1. The van der Waals surface area contributed by atoms with Crippen LogP contribution in [0.3, 0.4) is 0 Å². The number of nitrogens with zero attached hydrogens (tertiary/aromatic N) is 3. The molecular formula is C15H18N4O4. The molecule has 8 heteroatoms. The third-order valence-electron chi connectivity index (χ3n) is 3.89. The normalized spacial score (nSPS) is 17.9. The first-order valence-corrected chi connectivity index (χ1v) is 7.48. The van der Waals surface area contributed by atoms with Gasteiger partial charge in [0.2, 0.25) is 5.82 Å². The zero-order valence-electron chi connectivity index (χ0n) is 13.0.